The lowest BCUT2D eigenvalue weighted by Crippen LogP contribution is -2.52. The molecule has 0 radical (unpaired) electrons. The summed E-state index contributed by atoms with van der Waals surface area (Å²) < 4.78 is 17.9. The summed E-state index contributed by atoms with van der Waals surface area (Å²) in [6.07, 6.45) is 2.52. The van der Waals surface area contributed by atoms with Crippen molar-refractivity contribution in [1.82, 2.24) is 0 Å². The average Bonchev–Trinajstić information content (AvgIpc) is 2.64. The van der Waals surface area contributed by atoms with E-state index in [0.717, 1.165) is 19.3 Å². The molecule has 0 aromatic rings. The van der Waals surface area contributed by atoms with Crippen molar-refractivity contribution < 1.29 is 23.8 Å². The number of ether oxygens (including phenoxy) is 3. The van der Waals surface area contributed by atoms with Gasteiger partial charge in [0.1, 0.15) is 11.7 Å². The van der Waals surface area contributed by atoms with Crippen LogP contribution >= 0.6 is 0 Å². The Hall–Kier alpha value is -1.36. The van der Waals surface area contributed by atoms with Gasteiger partial charge in [-0.2, -0.15) is 0 Å². The zero-order chi connectivity index (χ0) is 17.6. The van der Waals surface area contributed by atoms with Crippen molar-refractivity contribution in [2.75, 3.05) is 0 Å². The summed E-state index contributed by atoms with van der Waals surface area (Å²) in [4.78, 5) is 24.4. The second-order valence-corrected chi connectivity index (χ2v) is 8.09. The first-order valence-electron chi connectivity index (χ1n) is 9.01. The summed E-state index contributed by atoms with van der Waals surface area (Å²) in [5.74, 6) is -0.639. The Kier molecular flexibility index (Phi) is 4.49. The molecule has 0 unspecified atom stereocenters. The van der Waals surface area contributed by atoms with E-state index in [2.05, 4.69) is 13.5 Å². The van der Waals surface area contributed by atoms with Gasteiger partial charge in [0.15, 0.2) is 6.10 Å². The number of esters is 2. The Balaban J connectivity index is 1.99. The van der Waals surface area contributed by atoms with Crippen molar-refractivity contribution in [3.63, 3.8) is 0 Å². The smallest absolute Gasteiger partial charge is 0.334 e. The third-order valence-electron chi connectivity index (χ3n) is 5.84. The van der Waals surface area contributed by atoms with Crippen LogP contribution in [0, 0.1) is 17.8 Å². The summed E-state index contributed by atoms with van der Waals surface area (Å²) >= 11 is 0. The van der Waals surface area contributed by atoms with Gasteiger partial charge in [0.25, 0.3) is 0 Å². The Morgan fingerprint density at radius 1 is 1.42 bits per heavy atom. The number of hydrogen-bond acceptors (Lipinski definition) is 5. The minimum absolute atomic E-state index is 0.0269. The fourth-order valence-electron chi connectivity index (χ4n) is 4.20. The molecule has 0 N–H and O–H groups in total. The van der Waals surface area contributed by atoms with E-state index in [1.165, 1.54) is 0 Å². The molecule has 0 aromatic heterocycles. The Labute approximate surface area is 143 Å². The van der Waals surface area contributed by atoms with Crippen LogP contribution in [0.25, 0.3) is 0 Å². The number of rotatable bonds is 2. The molecule has 6 atom stereocenters. The number of carbonyl (C=O) groups excluding carboxylic acids is 2. The Bertz CT molecular complexity index is 554. The SMILES string of the molecule is C=C1C(=O)O[C@@H]2[C@@H]1C[C@H]1O[C@](C)(CCC[C@@H]1C)[C@H]2OC(=O)C(C)C. The molecule has 0 aromatic carbocycles. The molecule has 2 bridgehead atoms. The molecule has 0 saturated carbocycles. The lowest BCUT2D eigenvalue weighted by atomic mass is 9.79. The van der Waals surface area contributed by atoms with E-state index >= 15 is 0 Å². The zero-order valence-corrected chi connectivity index (χ0v) is 15.0. The molecule has 0 spiro atoms. The fraction of sp³-hybridized carbons (Fsp3) is 0.789. The number of hydrogen-bond donors (Lipinski definition) is 0. The van der Waals surface area contributed by atoms with Crippen LogP contribution in [-0.2, 0) is 23.8 Å². The van der Waals surface area contributed by atoms with Crippen molar-refractivity contribution >= 4 is 11.9 Å². The average molecular weight is 336 g/mol. The molecule has 3 rings (SSSR count). The van der Waals surface area contributed by atoms with Crippen LogP contribution in [0.15, 0.2) is 12.2 Å². The molecule has 5 heteroatoms. The lowest BCUT2D eigenvalue weighted by Gasteiger charge is -2.38. The van der Waals surface area contributed by atoms with Gasteiger partial charge in [0.2, 0.25) is 0 Å². The van der Waals surface area contributed by atoms with E-state index in [-0.39, 0.29) is 29.9 Å². The number of carbonyl (C=O) groups is 2. The van der Waals surface area contributed by atoms with Crippen molar-refractivity contribution in [1.29, 1.82) is 0 Å². The van der Waals surface area contributed by atoms with E-state index < -0.39 is 17.8 Å². The summed E-state index contributed by atoms with van der Waals surface area (Å²) in [5, 5.41) is 0. The van der Waals surface area contributed by atoms with Crippen LogP contribution in [0.5, 0.6) is 0 Å². The molecular formula is C19H28O5. The topological polar surface area (TPSA) is 61.8 Å². The lowest BCUT2D eigenvalue weighted by molar-refractivity contribution is -0.199. The molecule has 5 nitrogen and oxygen atoms in total. The van der Waals surface area contributed by atoms with E-state index in [4.69, 9.17) is 14.2 Å². The molecule has 134 valence electrons. The molecule has 24 heavy (non-hydrogen) atoms. The zero-order valence-electron chi connectivity index (χ0n) is 15.0. The highest BCUT2D eigenvalue weighted by Gasteiger charge is 2.57. The second-order valence-electron chi connectivity index (χ2n) is 8.09. The molecule has 3 fully saturated rings. The van der Waals surface area contributed by atoms with Gasteiger partial charge < -0.3 is 14.2 Å². The van der Waals surface area contributed by atoms with E-state index in [1.807, 2.05) is 6.92 Å². The summed E-state index contributed by atoms with van der Waals surface area (Å²) in [5.41, 5.74) is -0.152. The van der Waals surface area contributed by atoms with Crippen LogP contribution in [0.2, 0.25) is 0 Å². The molecular weight excluding hydrogens is 308 g/mol. The predicted molar refractivity (Wildman–Crippen MR) is 88.1 cm³/mol. The van der Waals surface area contributed by atoms with Gasteiger partial charge in [-0.15, -0.1) is 0 Å². The first-order chi connectivity index (χ1) is 11.2. The maximum Gasteiger partial charge on any atom is 0.334 e. The summed E-state index contributed by atoms with van der Waals surface area (Å²) in [6, 6.07) is 0. The second kappa shape index (κ2) is 6.17. The Morgan fingerprint density at radius 2 is 2.12 bits per heavy atom. The minimum atomic E-state index is -0.635. The highest BCUT2D eigenvalue weighted by Crippen LogP contribution is 2.47. The predicted octanol–water partition coefficient (Wildman–Crippen LogP) is 3.02. The van der Waals surface area contributed by atoms with Gasteiger partial charge in [-0.3, -0.25) is 4.79 Å². The standard InChI is InChI=1S/C19H28O5/c1-10(2)17(20)23-16-15-13(12(4)18(21)22-15)9-14-11(3)7-6-8-19(16,5)24-14/h10-11,13-16H,4,6-9H2,1-3,5H3/t11-,13+,14+,15+,16-,19+/m0/s1. The van der Waals surface area contributed by atoms with Crippen molar-refractivity contribution in [3.8, 4) is 0 Å². The molecule has 3 saturated heterocycles. The highest BCUT2D eigenvalue weighted by molar-refractivity contribution is 5.91. The third kappa shape index (κ3) is 2.87. The van der Waals surface area contributed by atoms with E-state index in [0.29, 0.717) is 17.9 Å². The molecule has 3 aliphatic rings. The van der Waals surface area contributed by atoms with Crippen molar-refractivity contribution in [2.45, 2.75) is 77.3 Å². The van der Waals surface area contributed by atoms with E-state index in [9.17, 15) is 9.59 Å². The molecule has 3 aliphatic heterocycles. The van der Waals surface area contributed by atoms with Gasteiger partial charge in [-0.25, -0.2) is 4.79 Å². The van der Waals surface area contributed by atoms with Gasteiger partial charge in [-0.05, 0) is 32.1 Å². The van der Waals surface area contributed by atoms with E-state index in [1.54, 1.807) is 13.8 Å². The number of fused-ring (bicyclic) bond motifs is 3. The maximum atomic E-state index is 12.3. The third-order valence-corrected chi connectivity index (χ3v) is 5.84. The minimum Gasteiger partial charge on any atom is -0.455 e. The van der Waals surface area contributed by atoms with Crippen LogP contribution in [-0.4, -0.2) is 35.9 Å². The van der Waals surface area contributed by atoms with Gasteiger partial charge in [0, 0.05) is 11.5 Å². The maximum absolute atomic E-state index is 12.3. The fourth-order valence-corrected chi connectivity index (χ4v) is 4.20. The van der Waals surface area contributed by atoms with Gasteiger partial charge >= 0.3 is 11.9 Å². The molecule has 0 amide bonds. The first kappa shape index (κ1) is 17.5. The van der Waals surface area contributed by atoms with Crippen molar-refractivity contribution in [3.05, 3.63) is 12.2 Å². The monoisotopic (exact) mass is 336 g/mol. The molecule has 0 aliphatic carbocycles. The van der Waals surface area contributed by atoms with Gasteiger partial charge in [0.05, 0.1) is 12.0 Å². The van der Waals surface area contributed by atoms with Crippen LogP contribution in [0.4, 0.5) is 0 Å². The largest absolute Gasteiger partial charge is 0.455 e. The van der Waals surface area contributed by atoms with Crippen LogP contribution in [0.3, 0.4) is 0 Å². The molecule has 3 heterocycles. The van der Waals surface area contributed by atoms with Gasteiger partial charge in [-0.1, -0.05) is 33.8 Å². The first-order valence-corrected chi connectivity index (χ1v) is 9.01. The van der Waals surface area contributed by atoms with Crippen LogP contribution in [0.1, 0.15) is 53.4 Å². The quantitative estimate of drug-likeness (QED) is 0.573. The summed E-state index contributed by atoms with van der Waals surface area (Å²) in [6.45, 7) is 11.7. The normalized spacial score (nSPS) is 42.1. The Morgan fingerprint density at radius 3 is 2.79 bits per heavy atom. The summed E-state index contributed by atoms with van der Waals surface area (Å²) in [7, 11) is 0. The van der Waals surface area contributed by atoms with Crippen molar-refractivity contribution in [2.24, 2.45) is 17.8 Å². The van der Waals surface area contributed by atoms with Crippen LogP contribution < -0.4 is 0 Å². The highest BCUT2D eigenvalue weighted by atomic mass is 16.6.